The fourth-order valence-electron chi connectivity index (χ4n) is 7.55. The molecule has 13 heteroatoms. The molecule has 1 aliphatic heterocycles. The van der Waals surface area contributed by atoms with E-state index < -0.39 is 47.1 Å². The lowest BCUT2D eigenvalue weighted by atomic mass is 9.79. The van der Waals surface area contributed by atoms with E-state index in [2.05, 4.69) is 15.6 Å². The molecule has 51 heavy (non-hydrogen) atoms. The lowest BCUT2D eigenvalue weighted by Crippen LogP contribution is -2.52. The maximum atomic E-state index is 14.7. The highest BCUT2D eigenvalue weighted by atomic mass is 19.4. The number of ether oxygens (including phenoxy) is 1. The van der Waals surface area contributed by atoms with E-state index in [1.165, 1.54) is 4.90 Å². The van der Waals surface area contributed by atoms with Crippen molar-refractivity contribution in [2.24, 2.45) is 5.41 Å². The second-order valence-corrected chi connectivity index (χ2v) is 14.9. The number of rotatable bonds is 8. The van der Waals surface area contributed by atoms with E-state index in [-0.39, 0.29) is 44.7 Å². The van der Waals surface area contributed by atoms with Crippen LogP contribution in [0.15, 0.2) is 60.8 Å². The van der Waals surface area contributed by atoms with Gasteiger partial charge in [-0.25, -0.2) is 9.78 Å². The normalized spacial score (nSPS) is 18.9. The number of alkyl halides is 3. The van der Waals surface area contributed by atoms with Crippen molar-refractivity contribution in [3.05, 3.63) is 88.6 Å². The van der Waals surface area contributed by atoms with Crippen LogP contribution in [0.1, 0.15) is 74.3 Å². The minimum absolute atomic E-state index is 0.0684. The number of hydrogen-bond donors (Lipinski definition) is 2. The molecule has 1 aromatic heterocycles. The maximum absolute atomic E-state index is 14.7. The molecular formula is C38H42F3N5O5. The predicted molar refractivity (Wildman–Crippen MR) is 184 cm³/mol. The summed E-state index contributed by atoms with van der Waals surface area (Å²) in [6.45, 7) is 4.38. The standard InChI is InChI=1S/C38H42F3N5O5/c1-35(2,3)51-34(50)45(4)21-25-10-5-6-11-26(25)22-46(33(49)37(38(39,40)41)15-7-8-16-37)23-30(47)43-28-14-13-24-19-36(20-27(24)18-28)29-12-9-17-42-31(29)44-32(36)48/h5-6,9-14,17-18H,7-8,15-16,19-23H2,1-4H3,(H,43,47)(H,42,44,48)/t36-/m1/s1. The van der Waals surface area contributed by atoms with Gasteiger partial charge in [0.15, 0.2) is 0 Å². The average Bonchev–Trinajstić information content (AvgIpc) is 3.77. The number of fused-ring (bicyclic) bond motifs is 3. The van der Waals surface area contributed by atoms with E-state index in [0.717, 1.165) is 21.6 Å². The highest BCUT2D eigenvalue weighted by molar-refractivity contribution is 6.06. The van der Waals surface area contributed by atoms with Crippen LogP contribution in [0, 0.1) is 5.41 Å². The van der Waals surface area contributed by atoms with E-state index in [1.54, 1.807) is 76.5 Å². The smallest absolute Gasteiger partial charge is 0.410 e. The van der Waals surface area contributed by atoms with Gasteiger partial charge in [-0.05, 0) is 86.9 Å². The van der Waals surface area contributed by atoms with Crippen LogP contribution in [-0.4, -0.2) is 64.0 Å². The Kier molecular flexibility index (Phi) is 9.36. The molecule has 0 bridgehead atoms. The SMILES string of the molecule is CN(Cc1ccccc1CN(CC(=O)Nc1ccc2c(c1)C[C@@]1(C2)C(=O)Nc2ncccc21)C(=O)C1(C(F)(F)F)CCCC1)C(=O)OC(C)(C)C. The molecule has 1 saturated carbocycles. The van der Waals surface area contributed by atoms with E-state index in [0.29, 0.717) is 35.5 Å². The molecule has 3 aliphatic rings. The molecule has 2 aliphatic carbocycles. The van der Waals surface area contributed by atoms with Crippen LogP contribution in [0.4, 0.5) is 29.5 Å². The summed E-state index contributed by atoms with van der Waals surface area (Å²) < 4.78 is 49.4. The minimum atomic E-state index is -4.80. The monoisotopic (exact) mass is 705 g/mol. The summed E-state index contributed by atoms with van der Waals surface area (Å²) in [5, 5.41) is 5.65. The second-order valence-electron chi connectivity index (χ2n) is 14.9. The maximum Gasteiger partial charge on any atom is 0.410 e. The largest absolute Gasteiger partial charge is 0.444 e. The Labute approximate surface area is 294 Å². The third kappa shape index (κ3) is 7.02. The summed E-state index contributed by atoms with van der Waals surface area (Å²) >= 11 is 0. The predicted octanol–water partition coefficient (Wildman–Crippen LogP) is 6.53. The first-order valence-electron chi connectivity index (χ1n) is 17.1. The first-order valence-corrected chi connectivity index (χ1v) is 17.1. The van der Waals surface area contributed by atoms with Crippen molar-refractivity contribution in [3.8, 4) is 0 Å². The molecule has 0 saturated heterocycles. The number of pyridine rings is 1. The van der Waals surface area contributed by atoms with Gasteiger partial charge in [0.05, 0.1) is 5.41 Å². The van der Waals surface area contributed by atoms with Crippen LogP contribution in [0.3, 0.4) is 0 Å². The number of carbonyl (C=O) groups excluding carboxylic acids is 4. The zero-order valence-corrected chi connectivity index (χ0v) is 29.2. The summed E-state index contributed by atoms with van der Waals surface area (Å²) in [7, 11) is 1.55. The summed E-state index contributed by atoms with van der Waals surface area (Å²) in [6.07, 6.45) is -3.12. The van der Waals surface area contributed by atoms with Crippen molar-refractivity contribution in [1.29, 1.82) is 0 Å². The fourth-order valence-corrected chi connectivity index (χ4v) is 7.55. The topological polar surface area (TPSA) is 121 Å². The van der Waals surface area contributed by atoms with Crippen LogP contribution in [0.25, 0.3) is 0 Å². The molecule has 6 rings (SSSR count). The Morgan fingerprint density at radius 2 is 1.61 bits per heavy atom. The summed E-state index contributed by atoms with van der Waals surface area (Å²) in [5.41, 5.74) is -0.0273. The Morgan fingerprint density at radius 1 is 0.941 bits per heavy atom. The van der Waals surface area contributed by atoms with Crippen molar-refractivity contribution >= 4 is 35.3 Å². The van der Waals surface area contributed by atoms with Crippen molar-refractivity contribution in [1.82, 2.24) is 14.8 Å². The van der Waals surface area contributed by atoms with Gasteiger partial charge < -0.3 is 25.2 Å². The van der Waals surface area contributed by atoms with Crippen LogP contribution < -0.4 is 10.6 Å². The average molecular weight is 706 g/mol. The van der Waals surface area contributed by atoms with Gasteiger partial charge in [0.2, 0.25) is 17.7 Å². The quantitative estimate of drug-likeness (QED) is 0.275. The molecule has 1 fully saturated rings. The van der Waals surface area contributed by atoms with Gasteiger partial charge in [-0.3, -0.25) is 14.4 Å². The van der Waals surface area contributed by atoms with Gasteiger partial charge in [-0.2, -0.15) is 13.2 Å². The third-order valence-electron chi connectivity index (χ3n) is 10.1. The molecule has 10 nitrogen and oxygen atoms in total. The molecule has 0 radical (unpaired) electrons. The lowest BCUT2D eigenvalue weighted by Gasteiger charge is -2.36. The van der Waals surface area contributed by atoms with E-state index in [1.807, 2.05) is 12.1 Å². The Bertz CT molecular complexity index is 1870. The molecule has 2 aromatic carbocycles. The fraction of sp³-hybridized carbons (Fsp3) is 0.447. The molecule has 2 heterocycles. The van der Waals surface area contributed by atoms with Crippen molar-refractivity contribution in [2.45, 2.75) is 89.6 Å². The van der Waals surface area contributed by atoms with Gasteiger partial charge in [0, 0.05) is 37.6 Å². The molecule has 1 spiro atoms. The Balaban J connectivity index is 1.23. The van der Waals surface area contributed by atoms with Gasteiger partial charge in [0.1, 0.15) is 23.4 Å². The van der Waals surface area contributed by atoms with Gasteiger partial charge in [-0.1, -0.05) is 49.2 Å². The van der Waals surface area contributed by atoms with Gasteiger partial charge >= 0.3 is 12.3 Å². The van der Waals surface area contributed by atoms with E-state index in [4.69, 9.17) is 4.74 Å². The van der Waals surface area contributed by atoms with Crippen LogP contribution in [0.2, 0.25) is 0 Å². The van der Waals surface area contributed by atoms with Crippen molar-refractivity contribution in [2.75, 3.05) is 24.2 Å². The molecule has 4 amide bonds. The highest BCUT2D eigenvalue weighted by Gasteiger charge is 2.62. The summed E-state index contributed by atoms with van der Waals surface area (Å²) in [4.78, 5) is 60.1. The first kappa shape index (κ1) is 35.9. The van der Waals surface area contributed by atoms with Crippen molar-refractivity contribution in [3.63, 3.8) is 0 Å². The molecule has 3 aromatic rings. The number of benzene rings is 2. The van der Waals surface area contributed by atoms with Gasteiger partial charge in [-0.15, -0.1) is 0 Å². The highest BCUT2D eigenvalue weighted by Crippen LogP contribution is 2.52. The molecular weight excluding hydrogens is 663 g/mol. The van der Waals surface area contributed by atoms with Crippen LogP contribution in [-0.2, 0) is 50.5 Å². The summed E-state index contributed by atoms with van der Waals surface area (Å²) in [6, 6.07) is 15.8. The second kappa shape index (κ2) is 13.3. The van der Waals surface area contributed by atoms with Gasteiger partial charge in [0.25, 0.3) is 0 Å². The zero-order chi connectivity index (χ0) is 36.8. The number of hydrogen-bond acceptors (Lipinski definition) is 6. The van der Waals surface area contributed by atoms with Crippen LogP contribution in [0.5, 0.6) is 0 Å². The van der Waals surface area contributed by atoms with E-state index >= 15 is 0 Å². The summed E-state index contributed by atoms with van der Waals surface area (Å²) in [5.74, 6) is -1.42. The number of nitrogens with one attached hydrogen (secondary N) is 2. The Morgan fingerprint density at radius 3 is 2.27 bits per heavy atom. The number of anilines is 2. The lowest BCUT2D eigenvalue weighted by molar-refractivity contribution is -0.226. The number of carbonyl (C=O) groups is 4. The van der Waals surface area contributed by atoms with E-state index in [9.17, 15) is 32.3 Å². The molecule has 1 atom stereocenters. The number of amides is 4. The minimum Gasteiger partial charge on any atom is -0.444 e. The Hall–Kier alpha value is -4.94. The third-order valence-corrected chi connectivity index (χ3v) is 10.1. The number of halogens is 3. The van der Waals surface area contributed by atoms with Crippen LogP contribution >= 0.6 is 0 Å². The first-order chi connectivity index (χ1) is 24.0. The molecule has 0 unspecified atom stereocenters. The van der Waals surface area contributed by atoms with Crippen molar-refractivity contribution < 1.29 is 37.1 Å². The zero-order valence-electron chi connectivity index (χ0n) is 29.2. The number of aromatic nitrogens is 1. The number of nitrogens with zero attached hydrogens (tertiary/aromatic N) is 3. The molecule has 270 valence electrons. The molecule has 2 N–H and O–H groups in total.